The molecule has 0 radical (unpaired) electrons. The number of rotatable bonds is 8. The van der Waals surface area contributed by atoms with Gasteiger partial charge in [0.05, 0.1) is 0 Å². The van der Waals surface area contributed by atoms with E-state index in [1.165, 1.54) is 38.5 Å². The summed E-state index contributed by atoms with van der Waals surface area (Å²) in [5.41, 5.74) is 0.472. The highest BCUT2D eigenvalue weighted by molar-refractivity contribution is 5.00. The third-order valence-electron chi connectivity index (χ3n) is 5.07. The summed E-state index contributed by atoms with van der Waals surface area (Å²) in [5.74, 6) is 1.14. The Labute approximate surface area is 123 Å². The summed E-state index contributed by atoms with van der Waals surface area (Å²) >= 11 is 0. The predicted octanol–water partition coefficient (Wildman–Crippen LogP) is 3.18. The molecule has 0 aromatic carbocycles. The van der Waals surface area contributed by atoms with Crippen LogP contribution in [0.15, 0.2) is 6.33 Å². The minimum Gasteiger partial charge on any atom is -0.313 e. The zero-order valence-corrected chi connectivity index (χ0v) is 13.4. The molecule has 0 aliphatic heterocycles. The van der Waals surface area contributed by atoms with E-state index in [1.54, 1.807) is 6.33 Å². The molecule has 0 spiro atoms. The molecule has 1 saturated carbocycles. The van der Waals surface area contributed by atoms with Gasteiger partial charge in [-0.3, -0.25) is 4.68 Å². The second-order valence-corrected chi connectivity index (χ2v) is 6.13. The summed E-state index contributed by atoms with van der Waals surface area (Å²) in [7, 11) is 0. The van der Waals surface area contributed by atoms with Crippen molar-refractivity contribution in [2.24, 2.45) is 5.41 Å². The van der Waals surface area contributed by atoms with Crippen molar-refractivity contribution in [2.75, 3.05) is 6.54 Å². The standard InChI is InChI=1S/C16H30N4/c1-4-11-17-14(16(5-2)9-7-8-10-16)12-15-18-13-19-20(15)6-3/h13-14,17H,4-12H2,1-3H3. The summed E-state index contributed by atoms with van der Waals surface area (Å²) in [6.07, 6.45) is 10.7. The molecule has 114 valence electrons. The van der Waals surface area contributed by atoms with E-state index in [2.05, 4.69) is 36.2 Å². The fourth-order valence-electron chi connectivity index (χ4n) is 3.74. The van der Waals surface area contributed by atoms with Crippen LogP contribution in [0.5, 0.6) is 0 Å². The second-order valence-electron chi connectivity index (χ2n) is 6.13. The van der Waals surface area contributed by atoms with Crippen molar-refractivity contribution in [1.29, 1.82) is 0 Å². The Kier molecular flexibility index (Phi) is 5.58. The van der Waals surface area contributed by atoms with Crippen molar-refractivity contribution < 1.29 is 0 Å². The zero-order chi connectivity index (χ0) is 14.4. The molecular weight excluding hydrogens is 248 g/mol. The van der Waals surface area contributed by atoms with E-state index in [4.69, 9.17) is 0 Å². The van der Waals surface area contributed by atoms with E-state index in [0.717, 1.165) is 25.3 Å². The summed E-state index contributed by atoms with van der Waals surface area (Å²) in [6.45, 7) is 8.75. The third kappa shape index (κ3) is 3.22. The molecule has 4 nitrogen and oxygen atoms in total. The van der Waals surface area contributed by atoms with E-state index in [0.29, 0.717) is 11.5 Å². The second kappa shape index (κ2) is 7.21. The Bertz CT molecular complexity index is 393. The van der Waals surface area contributed by atoms with E-state index < -0.39 is 0 Å². The van der Waals surface area contributed by atoms with Crippen molar-refractivity contribution in [3.8, 4) is 0 Å². The highest BCUT2D eigenvalue weighted by Gasteiger charge is 2.39. The van der Waals surface area contributed by atoms with Crippen LogP contribution < -0.4 is 5.32 Å². The van der Waals surface area contributed by atoms with Crippen LogP contribution in [0.3, 0.4) is 0 Å². The lowest BCUT2D eigenvalue weighted by molar-refractivity contribution is 0.181. The zero-order valence-electron chi connectivity index (χ0n) is 13.4. The molecule has 1 aliphatic rings. The molecule has 1 aromatic heterocycles. The lowest BCUT2D eigenvalue weighted by Gasteiger charge is -2.37. The van der Waals surface area contributed by atoms with Gasteiger partial charge in [-0.25, -0.2) is 4.98 Å². The Morgan fingerprint density at radius 2 is 2.05 bits per heavy atom. The van der Waals surface area contributed by atoms with Gasteiger partial charge in [0, 0.05) is 19.0 Å². The van der Waals surface area contributed by atoms with Crippen molar-refractivity contribution in [3.05, 3.63) is 12.2 Å². The topological polar surface area (TPSA) is 42.7 Å². The van der Waals surface area contributed by atoms with Crippen LogP contribution in [0.25, 0.3) is 0 Å². The van der Waals surface area contributed by atoms with Gasteiger partial charge < -0.3 is 5.32 Å². The van der Waals surface area contributed by atoms with Crippen LogP contribution in [0.1, 0.15) is 65.1 Å². The van der Waals surface area contributed by atoms with Gasteiger partial charge in [0.1, 0.15) is 12.2 Å². The first kappa shape index (κ1) is 15.5. The maximum absolute atomic E-state index is 4.48. The van der Waals surface area contributed by atoms with Gasteiger partial charge in [0.25, 0.3) is 0 Å². The molecule has 1 unspecified atom stereocenters. The average molecular weight is 278 g/mol. The molecule has 1 aromatic rings. The van der Waals surface area contributed by atoms with Gasteiger partial charge in [-0.15, -0.1) is 0 Å². The Morgan fingerprint density at radius 1 is 1.30 bits per heavy atom. The molecule has 1 fully saturated rings. The molecule has 0 bridgehead atoms. The lowest BCUT2D eigenvalue weighted by Crippen LogP contribution is -2.46. The Balaban J connectivity index is 2.14. The normalized spacial score (nSPS) is 19.4. The minimum absolute atomic E-state index is 0.472. The monoisotopic (exact) mass is 278 g/mol. The molecule has 1 aliphatic carbocycles. The smallest absolute Gasteiger partial charge is 0.138 e. The first-order chi connectivity index (χ1) is 9.75. The van der Waals surface area contributed by atoms with Gasteiger partial charge in [-0.05, 0) is 44.6 Å². The molecular formula is C16H30N4. The molecule has 1 heterocycles. The SMILES string of the molecule is CCCNC(Cc1ncnn1CC)C1(CC)CCCC1. The molecule has 0 saturated heterocycles. The number of nitrogens with one attached hydrogen (secondary N) is 1. The van der Waals surface area contributed by atoms with Crippen molar-refractivity contribution in [2.45, 2.75) is 78.3 Å². The van der Waals surface area contributed by atoms with Crippen LogP contribution in [0.4, 0.5) is 0 Å². The third-order valence-corrected chi connectivity index (χ3v) is 5.07. The van der Waals surface area contributed by atoms with Crippen molar-refractivity contribution in [1.82, 2.24) is 20.1 Å². The molecule has 4 heteroatoms. The van der Waals surface area contributed by atoms with E-state index in [9.17, 15) is 0 Å². The number of aryl methyl sites for hydroxylation is 1. The lowest BCUT2D eigenvalue weighted by atomic mass is 9.74. The van der Waals surface area contributed by atoms with E-state index in [1.807, 2.05) is 4.68 Å². The maximum Gasteiger partial charge on any atom is 0.138 e. The number of aromatic nitrogens is 3. The first-order valence-electron chi connectivity index (χ1n) is 8.35. The van der Waals surface area contributed by atoms with Gasteiger partial charge in [0.2, 0.25) is 0 Å². The quantitative estimate of drug-likeness (QED) is 0.794. The maximum atomic E-state index is 4.48. The molecule has 0 amide bonds. The predicted molar refractivity (Wildman–Crippen MR) is 82.7 cm³/mol. The van der Waals surface area contributed by atoms with Gasteiger partial charge in [0.15, 0.2) is 0 Å². The Hall–Kier alpha value is -0.900. The summed E-state index contributed by atoms with van der Waals surface area (Å²) in [5, 5.41) is 8.13. The largest absolute Gasteiger partial charge is 0.313 e. The van der Waals surface area contributed by atoms with Crippen molar-refractivity contribution in [3.63, 3.8) is 0 Å². The molecule has 20 heavy (non-hydrogen) atoms. The molecule has 2 rings (SSSR count). The summed E-state index contributed by atoms with van der Waals surface area (Å²) in [4.78, 5) is 4.48. The molecule has 1 atom stereocenters. The van der Waals surface area contributed by atoms with E-state index in [-0.39, 0.29) is 0 Å². The van der Waals surface area contributed by atoms with Crippen LogP contribution in [-0.2, 0) is 13.0 Å². The van der Waals surface area contributed by atoms with Gasteiger partial charge in [-0.1, -0.05) is 26.7 Å². The minimum atomic E-state index is 0.472. The first-order valence-corrected chi connectivity index (χ1v) is 8.35. The average Bonchev–Trinajstić information content (AvgIpc) is 3.12. The fraction of sp³-hybridized carbons (Fsp3) is 0.875. The van der Waals surface area contributed by atoms with Gasteiger partial charge in [-0.2, -0.15) is 5.10 Å². The van der Waals surface area contributed by atoms with E-state index >= 15 is 0 Å². The fourth-order valence-corrected chi connectivity index (χ4v) is 3.74. The summed E-state index contributed by atoms with van der Waals surface area (Å²) in [6, 6.07) is 0.546. The Morgan fingerprint density at radius 3 is 2.65 bits per heavy atom. The number of nitrogens with zero attached hydrogens (tertiary/aromatic N) is 3. The van der Waals surface area contributed by atoms with Crippen LogP contribution in [0, 0.1) is 5.41 Å². The van der Waals surface area contributed by atoms with Crippen molar-refractivity contribution >= 4 is 0 Å². The molecule has 1 N–H and O–H groups in total. The number of hydrogen-bond acceptors (Lipinski definition) is 3. The highest BCUT2D eigenvalue weighted by atomic mass is 15.3. The number of hydrogen-bond donors (Lipinski definition) is 1. The van der Waals surface area contributed by atoms with Crippen LogP contribution in [0.2, 0.25) is 0 Å². The summed E-state index contributed by atoms with van der Waals surface area (Å²) < 4.78 is 2.04. The highest BCUT2D eigenvalue weighted by Crippen LogP contribution is 2.44. The van der Waals surface area contributed by atoms with Crippen LogP contribution >= 0.6 is 0 Å². The van der Waals surface area contributed by atoms with Crippen LogP contribution in [-0.4, -0.2) is 27.4 Å². The van der Waals surface area contributed by atoms with Gasteiger partial charge >= 0.3 is 0 Å².